The van der Waals surface area contributed by atoms with E-state index in [4.69, 9.17) is 0 Å². The summed E-state index contributed by atoms with van der Waals surface area (Å²) in [4.78, 5) is 0. The van der Waals surface area contributed by atoms with Gasteiger partial charge in [-0.2, -0.15) is 17.6 Å². The molecule has 20 heavy (non-hydrogen) atoms. The largest absolute Gasteiger partial charge is 0.419 e. The molecule has 1 heterocycles. The molecule has 0 aliphatic carbocycles. The summed E-state index contributed by atoms with van der Waals surface area (Å²) >= 11 is 0. The molecule has 0 amide bonds. The number of sulfone groups is 1. The quantitative estimate of drug-likeness (QED) is 0.758. The molecule has 1 unspecified atom stereocenters. The molecule has 1 aliphatic heterocycles. The van der Waals surface area contributed by atoms with Gasteiger partial charge in [-0.3, -0.25) is 0 Å². The predicted molar refractivity (Wildman–Crippen MR) is 63.5 cm³/mol. The first kappa shape index (κ1) is 17.6. The van der Waals surface area contributed by atoms with Crippen LogP contribution in [-0.2, 0) is 14.6 Å². The molecule has 1 saturated heterocycles. The number of aliphatic hydroxyl groups is 1. The summed E-state index contributed by atoms with van der Waals surface area (Å²) in [7, 11) is -3.04. The molecule has 120 valence electrons. The summed E-state index contributed by atoms with van der Waals surface area (Å²) in [5.74, 6) is -4.47. The van der Waals surface area contributed by atoms with Gasteiger partial charge in [-0.1, -0.05) is 0 Å². The molecule has 0 aromatic carbocycles. The van der Waals surface area contributed by atoms with Gasteiger partial charge in [-0.25, -0.2) is 8.42 Å². The fourth-order valence-corrected chi connectivity index (χ4v) is 3.54. The minimum atomic E-state index is -4.64. The second-order valence-electron chi connectivity index (χ2n) is 5.20. The number of hydrogen-bond acceptors (Lipinski definition) is 4. The molecule has 0 saturated carbocycles. The minimum absolute atomic E-state index is 0.00552. The van der Waals surface area contributed by atoms with Crippen LogP contribution in [-0.4, -0.2) is 49.8 Å². The van der Waals surface area contributed by atoms with E-state index in [1.807, 2.05) is 0 Å². The molecule has 9 heteroatoms. The van der Waals surface area contributed by atoms with Crippen LogP contribution in [0.4, 0.5) is 17.6 Å². The highest BCUT2D eigenvalue weighted by Crippen LogP contribution is 2.35. The highest BCUT2D eigenvalue weighted by molar-refractivity contribution is 7.91. The van der Waals surface area contributed by atoms with Gasteiger partial charge in [0.2, 0.25) is 0 Å². The normalized spacial score (nSPS) is 22.7. The number of aliphatic hydroxyl groups excluding tert-OH is 1. The van der Waals surface area contributed by atoms with Crippen molar-refractivity contribution in [3.8, 4) is 0 Å². The van der Waals surface area contributed by atoms with Crippen LogP contribution in [0.15, 0.2) is 0 Å². The number of halogens is 4. The fraction of sp³-hybridized carbons (Fsp3) is 1.00. The van der Waals surface area contributed by atoms with Crippen molar-refractivity contribution in [1.29, 1.82) is 0 Å². The van der Waals surface area contributed by atoms with E-state index in [0.29, 0.717) is 12.8 Å². The van der Waals surface area contributed by atoms with Crippen LogP contribution >= 0.6 is 0 Å². The van der Waals surface area contributed by atoms with Crippen LogP contribution in [0, 0.1) is 5.92 Å². The second kappa shape index (κ2) is 6.15. The Labute approximate surface area is 115 Å². The highest BCUT2D eigenvalue weighted by Gasteiger charge is 2.54. The molecule has 1 rings (SSSR count). The van der Waals surface area contributed by atoms with E-state index >= 15 is 0 Å². The lowest BCUT2D eigenvalue weighted by Gasteiger charge is -2.26. The van der Waals surface area contributed by atoms with E-state index in [1.165, 1.54) is 0 Å². The molecule has 0 radical (unpaired) electrons. The highest BCUT2D eigenvalue weighted by atomic mass is 32.2. The Morgan fingerprint density at radius 2 is 1.75 bits per heavy atom. The van der Waals surface area contributed by atoms with Gasteiger partial charge < -0.3 is 9.84 Å². The second-order valence-corrected chi connectivity index (χ2v) is 7.50. The zero-order valence-electron chi connectivity index (χ0n) is 11.0. The third-order valence-electron chi connectivity index (χ3n) is 3.25. The molecule has 0 spiro atoms. The number of rotatable bonds is 6. The average Bonchev–Trinajstić information content (AvgIpc) is 2.28. The Balaban J connectivity index is 2.36. The zero-order chi connectivity index (χ0) is 15.6. The smallest absolute Gasteiger partial charge is 0.391 e. The van der Waals surface area contributed by atoms with Crippen molar-refractivity contribution in [3.05, 3.63) is 0 Å². The molecule has 1 N–H and O–H groups in total. The first-order chi connectivity index (χ1) is 8.93. The molecule has 0 bridgehead atoms. The molecular formula is C11H18F4O4S. The van der Waals surface area contributed by atoms with Crippen molar-refractivity contribution in [3.63, 3.8) is 0 Å². The topological polar surface area (TPSA) is 63.6 Å². The molecule has 0 aromatic heterocycles. The van der Waals surface area contributed by atoms with E-state index in [-0.39, 0.29) is 30.8 Å². The van der Waals surface area contributed by atoms with Crippen molar-refractivity contribution in [1.82, 2.24) is 0 Å². The average molecular weight is 322 g/mol. The number of ether oxygens (including phenoxy) is 1. The molecular weight excluding hydrogens is 304 g/mol. The Morgan fingerprint density at radius 3 is 2.20 bits per heavy atom. The maximum absolute atomic E-state index is 12.8. The number of hydrogen-bond donors (Lipinski definition) is 1. The van der Waals surface area contributed by atoms with Gasteiger partial charge in [0.15, 0.2) is 0 Å². The van der Waals surface area contributed by atoms with Crippen molar-refractivity contribution in [2.75, 3.05) is 18.1 Å². The van der Waals surface area contributed by atoms with Gasteiger partial charge in [0, 0.05) is 6.92 Å². The van der Waals surface area contributed by atoms with Crippen molar-refractivity contribution in [2.45, 2.75) is 44.3 Å². The maximum atomic E-state index is 12.8. The van der Waals surface area contributed by atoms with Crippen LogP contribution in [0.5, 0.6) is 0 Å². The lowest BCUT2D eigenvalue weighted by Crippen LogP contribution is -2.42. The maximum Gasteiger partial charge on any atom is 0.419 e. The monoisotopic (exact) mass is 322 g/mol. The van der Waals surface area contributed by atoms with Gasteiger partial charge >= 0.3 is 12.0 Å². The molecule has 4 nitrogen and oxygen atoms in total. The Kier molecular flexibility index (Phi) is 5.42. The van der Waals surface area contributed by atoms with Crippen LogP contribution in [0.1, 0.15) is 26.2 Å². The lowest BCUT2D eigenvalue weighted by molar-refractivity contribution is -0.345. The van der Waals surface area contributed by atoms with Crippen molar-refractivity contribution < 1.29 is 35.8 Å². The first-order valence-corrected chi connectivity index (χ1v) is 8.03. The van der Waals surface area contributed by atoms with Crippen molar-refractivity contribution >= 4 is 9.84 Å². The summed E-state index contributed by atoms with van der Waals surface area (Å²) < 4.78 is 76.7. The SMILES string of the molecule is CC(F)(F)C(F)(F)OCC(O)CC1CCS(=O)(=O)CC1. The predicted octanol–water partition coefficient (Wildman–Crippen LogP) is 1.83. The number of alkyl halides is 4. The molecule has 0 aromatic rings. The standard InChI is InChI=1S/C11H18F4O4S/c1-10(12,13)11(14,15)19-7-9(16)6-8-2-4-20(17,18)5-3-8/h8-9,16H,2-7H2,1H3. The molecule has 1 aliphatic rings. The first-order valence-electron chi connectivity index (χ1n) is 6.21. The molecule has 1 atom stereocenters. The van der Waals surface area contributed by atoms with Crippen LogP contribution in [0.3, 0.4) is 0 Å². The van der Waals surface area contributed by atoms with E-state index in [1.54, 1.807) is 0 Å². The fourth-order valence-electron chi connectivity index (χ4n) is 1.95. The zero-order valence-corrected chi connectivity index (χ0v) is 11.8. The van der Waals surface area contributed by atoms with Gasteiger partial charge in [0.25, 0.3) is 0 Å². The summed E-state index contributed by atoms with van der Waals surface area (Å²) in [5.41, 5.74) is 0. The Morgan fingerprint density at radius 1 is 1.25 bits per heavy atom. The van der Waals surface area contributed by atoms with Gasteiger partial charge in [-0.15, -0.1) is 0 Å². The van der Waals surface area contributed by atoms with Crippen molar-refractivity contribution in [2.24, 2.45) is 5.92 Å². The van der Waals surface area contributed by atoms with Crippen LogP contribution in [0.2, 0.25) is 0 Å². The van der Waals surface area contributed by atoms with E-state index in [0.717, 1.165) is 0 Å². The van der Waals surface area contributed by atoms with E-state index < -0.39 is 34.6 Å². The Bertz CT molecular complexity index is 405. The van der Waals surface area contributed by atoms with E-state index in [9.17, 15) is 31.1 Å². The van der Waals surface area contributed by atoms with E-state index in [2.05, 4.69) is 4.74 Å². The Hall–Kier alpha value is -0.410. The van der Waals surface area contributed by atoms with Crippen LogP contribution < -0.4 is 0 Å². The van der Waals surface area contributed by atoms with Gasteiger partial charge in [-0.05, 0) is 25.2 Å². The van der Waals surface area contributed by atoms with Gasteiger partial charge in [0.1, 0.15) is 9.84 Å². The third kappa shape index (κ3) is 5.17. The minimum Gasteiger partial charge on any atom is -0.391 e. The summed E-state index contributed by atoms with van der Waals surface area (Å²) in [6.07, 6.45) is -5.24. The van der Waals surface area contributed by atoms with Gasteiger partial charge in [0.05, 0.1) is 24.2 Å². The summed E-state index contributed by atoms with van der Waals surface area (Å²) in [6.45, 7) is -0.884. The van der Waals surface area contributed by atoms with Crippen LogP contribution in [0.25, 0.3) is 0 Å². The molecule has 1 fully saturated rings. The lowest BCUT2D eigenvalue weighted by atomic mass is 9.96. The third-order valence-corrected chi connectivity index (χ3v) is 4.96. The summed E-state index contributed by atoms with van der Waals surface area (Å²) in [5, 5.41) is 9.51. The summed E-state index contributed by atoms with van der Waals surface area (Å²) in [6, 6.07) is 0.